The second kappa shape index (κ2) is 9.87. The lowest BCUT2D eigenvalue weighted by Gasteiger charge is -2.36. The molecule has 1 saturated heterocycles. The number of nitrogens with one attached hydrogen (secondary N) is 2. The van der Waals surface area contributed by atoms with Gasteiger partial charge in [-0.2, -0.15) is 15.4 Å². The van der Waals surface area contributed by atoms with Gasteiger partial charge in [0.25, 0.3) is 11.8 Å². The smallest absolute Gasteiger partial charge is 0.275 e. The van der Waals surface area contributed by atoms with Crippen molar-refractivity contribution in [3.8, 4) is 5.75 Å². The van der Waals surface area contributed by atoms with E-state index in [2.05, 4.69) is 25.7 Å². The zero-order valence-electron chi connectivity index (χ0n) is 19.8. The Hall–Kier alpha value is -3.50. The fraction of sp³-hybridized carbons (Fsp3) is 0.320. The van der Waals surface area contributed by atoms with Gasteiger partial charge in [-0.15, -0.1) is 11.3 Å². The molecule has 2 aromatic carbocycles. The average molecular weight is 525 g/mol. The summed E-state index contributed by atoms with van der Waals surface area (Å²) in [6, 6.07) is 12.5. The molecule has 2 amide bonds. The third-order valence-electron chi connectivity index (χ3n) is 6.18. The Kier molecular flexibility index (Phi) is 6.63. The first-order chi connectivity index (χ1) is 17.3. The molecule has 4 aromatic rings. The topological polar surface area (TPSA) is 113 Å². The van der Waals surface area contributed by atoms with Gasteiger partial charge in [-0.05, 0) is 57.0 Å². The van der Waals surface area contributed by atoms with E-state index in [4.69, 9.17) is 16.3 Å². The number of hydrogen-bond donors (Lipinski definition) is 2. The Morgan fingerprint density at radius 1 is 1.14 bits per heavy atom. The molecule has 3 heterocycles. The van der Waals surface area contributed by atoms with Crippen molar-refractivity contribution in [2.45, 2.75) is 38.2 Å². The number of carbonyl (C=O) groups is 2. The van der Waals surface area contributed by atoms with Crippen molar-refractivity contribution in [1.82, 2.24) is 25.3 Å². The fourth-order valence-corrected chi connectivity index (χ4v) is 5.39. The van der Waals surface area contributed by atoms with E-state index in [0.717, 1.165) is 23.4 Å². The predicted octanol–water partition coefficient (Wildman–Crippen LogP) is 4.88. The molecule has 9 nitrogen and oxygen atoms in total. The first kappa shape index (κ1) is 24.2. The third-order valence-corrected chi connectivity index (χ3v) is 7.50. The molecule has 36 heavy (non-hydrogen) atoms. The van der Waals surface area contributed by atoms with Crippen molar-refractivity contribution < 1.29 is 14.3 Å². The Bertz CT molecular complexity index is 1410. The van der Waals surface area contributed by atoms with Crippen LogP contribution in [0.15, 0.2) is 47.8 Å². The normalized spacial score (nSPS) is 14.7. The van der Waals surface area contributed by atoms with E-state index in [-0.39, 0.29) is 17.7 Å². The minimum absolute atomic E-state index is 0.0795. The van der Waals surface area contributed by atoms with Crippen LogP contribution in [0, 0.1) is 0 Å². The van der Waals surface area contributed by atoms with Crippen molar-refractivity contribution in [3.05, 3.63) is 63.6 Å². The molecule has 0 radical (unpaired) electrons. The SMILES string of the molecule is CC(C)(Oc1ccccc1Cl)C(=O)N1CCC(c2nc(C(=O)Nc3ccc4n[nH]nc4c3)cs2)CC1. The average Bonchev–Trinajstić information content (AvgIpc) is 3.55. The van der Waals surface area contributed by atoms with Crippen molar-refractivity contribution >= 4 is 51.5 Å². The maximum Gasteiger partial charge on any atom is 0.275 e. The highest BCUT2D eigenvalue weighted by Crippen LogP contribution is 2.33. The first-order valence-corrected chi connectivity index (χ1v) is 12.9. The van der Waals surface area contributed by atoms with Gasteiger partial charge in [0.2, 0.25) is 0 Å². The molecular weight excluding hydrogens is 500 g/mol. The van der Waals surface area contributed by atoms with Crippen LogP contribution in [0.3, 0.4) is 0 Å². The van der Waals surface area contributed by atoms with E-state index in [1.165, 1.54) is 11.3 Å². The molecule has 0 saturated carbocycles. The van der Waals surface area contributed by atoms with Crippen LogP contribution in [0.2, 0.25) is 5.02 Å². The molecule has 5 rings (SSSR count). The summed E-state index contributed by atoms with van der Waals surface area (Å²) in [5.41, 5.74) is 1.37. The van der Waals surface area contributed by atoms with Gasteiger partial charge in [0.05, 0.1) is 10.0 Å². The first-order valence-electron chi connectivity index (χ1n) is 11.6. The number of thiazole rings is 1. The molecule has 0 bridgehead atoms. The summed E-state index contributed by atoms with van der Waals surface area (Å²) in [6.45, 7) is 4.71. The molecule has 0 unspecified atom stereocenters. The van der Waals surface area contributed by atoms with E-state index in [0.29, 0.717) is 40.8 Å². The van der Waals surface area contributed by atoms with Gasteiger partial charge < -0.3 is 15.0 Å². The lowest BCUT2D eigenvalue weighted by atomic mass is 9.96. The molecule has 2 N–H and O–H groups in total. The Morgan fingerprint density at radius 2 is 1.89 bits per heavy atom. The number of fused-ring (bicyclic) bond motifs is 1. The van der Waals surface area contributed by atoms with E-state index >= 15 is 0 Å². The second-order valence-electron chi connectivity index (χ2n) is 9.16. The number of amides is 2. The van der Waals surface area contributed by atoms with Crippen molar-refractivity contribution in [3.63, 3.8) is 0 Å². The van der Waals surface area contributed by atoms with Crippen LogP contribution >= 0.6 is 22.9 Å². The lowest BCUT2D eigenvalue weighted by molar-refractivity contribution is -0.146. The Balaban J connectivity index is 1.18. The number of ether oxygens (including phenoxy) is 1. The maximum absolute atomic E-state index is 13.2. The summed E-state index contributed by atoms with van der Waals surface area (Å²) in [6.07, 6.45) is 1.54. The highest BCUT2D eigenvalue weighted by molar-refractivity contribution is 7.10. The Morgan fingerprint density at radius 3 is 2.67 bits per heavy atom. The van der Waals surface area contributed by atoms with E-state index in [1.54, 1.807) is 49.6 Å². The molecule has 1 fully saturated rings. The van der Waals surface area contributed by atoms with Crippen LogP contribution in [0.5, 0.6) is 5.75 Å². The van der Waals surface area contributed by atoms with Crippen molar-refractivity contribution in [1.29, 1.82) is 0 Å². The minimum Gasteiger partial charge on any atom is -0.476 e. The molecule has 0 aliphatic carbocycles. The highest BCUT2D eigenvalue weighted by atomic mass is 35.5. The number of likely N-dealkylation sites (tertiary alicyclic amines) is 1. The van der Waals surface area contributed by atoms with Gasteiger partial charge in [-0.1, -0.05) is 23.7 Å². The molecule has 0 atom stereocenters. The van der Waals surface area contributed by atoms with Gasteiger partial charge in [0, 0.05) is 30.1 Å². The molecule has 2 aromatic heterocycles. The summed E-state index contributed by atoms with van der Waals surface area (Å²) in [4.78, 5) is 32.3. The largest absolute Gasteiger partial charge is 0.476 e. The third kappa shape index (κ3) is 5.05. The highest BCUT2D eigenvalue weighted by Gasteiger charge is 2.37. The number of aromatic nitrogens is 4. The number of piperidine rings is 1. The van der Waals surface area contributed by atoms with Crippen molar-refractivity contribution in [2.75, 3.05) is 18.4 Å². The molecule has 1 aliphatic rings. The quantitative estimate of drug-likeness (QED) is 0.371. The van der Waals surface area contributed by atoms with Crippen LogP contribution in [-0.4, -0.2) is 55.8 Å². The number of hydrogen-bond acceptors (Lipinski definition) is 7. The van der Waals surface area contributed by atoms with Gasteiger partial charge in [0.15, 0.2) is 5.60 Å². The minimum atomic E-state index is -1.04. The van der Waals surface area contributed by atoms with E-state index < -0.39 is 5.60 Å². The molecule has 11 heteroatoms. The van der Waals surface area contributed by atoms with E-state index in [1.807, 2.05) is 17.0 Å². The molecule has 1 aliphatic heterocycles. The van der Waals surface area contributed by atoms with Crippen LogP contribution in [-0.2, 0) is 4.79 Å². The standard InChI is InChI=1S/C25H25ClN6O3S/c1-25(2,35-21-6-4-3-5-17(21)26)24(34)32-11-9-15(10-12-32)23-28-20(14-36-23)22(33)27-16-7-8-18-19(13-16)30-31-29-18/h3-8,13-15H,9-12H2,1-2H3,(H,27,33)(H,29,30,31). The summed E-state index contributed by atoms with van der Waals surface area (Å²) >= 11 is 7.68. The van der Waals surface area contributed by atoms with Gasteiger partial charge in [-0.25, -0.2) is 4.98 Å². The van der Waals surface area contributed by atoms with Crippen LogP contribution < -0.4 is 10.1 Å². The van der Waals surface area contributed by atoms with Gasteiger partial charge >= 0.3 is 0 Å². The molecule has 0 spiro atoms. The zero-order valence-corrected chi connectivity index (χ0v) is 21.4. The number of rotatable bonds is 6. The summed E-state index contributed by atoms with van der Waals surface area (Å²) in [5, 5.41) is 16.6. The van der Waals surface area contributed by atoms with Crippen molar-refractivity contribution in [2.24, 2.45) is 0 Å². The number of H-pyrrole nitrogens is 1. The lowest BCUT2D eigenvalue weighted by Crippen LogP contribution is -2.51. The summed E-state index contributed by atoms with van der Waals surface area (Å²) in [7, 11) is 0. The fourth-order valence-electron chi connectivity index (χ4n) is 4.25. The Labute approximate surface area is 216 Å². The number of para-hydroxylation sites is 1. The second-order valence-corrected chi connectivity index (χ2v) is 10.5. The zero-order chi connectivity index (χ0) is 25.3. The predicted molar refractivity (Wildman–Crippen MR) is 139 cm³/mol. The van der Waals surface area contributed by atoms with Crippen LogP contribution in [0.25, 0.3) is 11.0 Å². The number of carbonyl (C=O) groups excluding carboxylic acids is 2. The number of halogens is 1. The van der Waals surface area contributed by atoms with Gasteiger partial charge in [-0.3, -0.25) is 9.59 Å². The summed E-state index contributed by atoms with van der Waals surface area (Å²) in [5.74, 6) is 0.331. The number of benzene rings is 2. The molecule has 186 valence electrons. The molecular formula is C25H25ClN6O3S. The number of nitrogens with zero attached hydrogens (tertiary/aromatic N) is 4. The number of anilines is 1. The number of aromatic amines is 1. The summed E-state index contributed by atoms with van der Waals surface area (Å²) < 4.78 is 5.97. The van der Waals surface area contributed by atoms with Crippen LogP contribution in [0.4, 0.5) is 5.69 Å². The van der Waals surface area contributed by atoms with Gasteiger partial charge in [0.1, 0.15) is 22.5 Å². The van der Waals surface area contributed by atoms with E-state index in [9.17, 15) is 9.59 Å². The maximum atomic E-state index is 13.2. The monoisotopic (exact) mass is 524 g/mol. The van der Waals surface area contributed by atoms with Crippen LogP contribution in [0.1, 0.15) is 48.1 Å².